The number of rotatable bonds is 6. The zero-order valence-corrected chi connectivity index (χ0v) is 55.3. The van der Waals surface area contributed by atoms with Crippen LogP contribution in [-0.2, 0) is 30.9 Å². The van der Waals surface area contributed by atoms with Gasteiger partial charge < -0.3 is 29.4 Å². The summed E-state index contributed by atoms with van der Waals surface area (Å²) in [6.07, 6.45) is 24.2. The first kappa shape index (κ1) is 63.1. The van der Waals surface area contributed by atoms with Crippen LogP contribution in [0.25, 0.3) is 9.69 Å². The molecule has 80 heavy (non-hydrogen) atoms. The molecule has 448 valence electrons. The Morgan fingerprint density at radius 2 is 1.06 bits per heavy atom. The van der Waals surface area contributed by atoms with Crippen molar-refractivity contribution in [2.24, 2.45) is 113 Å². The van der Waals surface area contributed by atoms with Crippen molar-refractivity contribution in [1.82, 2.24) is 0 Å². The highest BCUT2D eigenvalue weighted by Crippen LogP contribution is 2.80. The Bertz CT molecular complexity index is 2500. The third kappa shape index (κ3) is 9.77. The molecule has 10 saturated carbocycles. The van der Waals surface area contributed by atoms with E-state index in [1.807, 2.05) is 0 Å². The van der Waals surface area contributed by atoms with Gasteiger partial charge in [-0.15, -0.1) is 0 Å². The normalized spacial score (nSPS) is 49.4. The Morgan fingerprint density at radius 1 is 0.650 bits per heavy atom. The number of hydrogen-bond donors (Lipinski definition) is 2. The second kappa shape index (κ2) is 23.4. The molecule has 0 radical (unpaired) electrons. The van der Waals surface area contributed by atoms with Crippen LogP contribution in [-0.4, -0.2) is 67.9 Å². The lowest BCUT2D eigenvalue weighted by molar-refractivity contribution is -0.246. The van der Waals surface area contributed by atoms with Gasteiger partial charge in [0.25, 0.3) is 12.1 Å². The standard InChI is InChI=1S/C36H55NO3.C31H47NO2.C2H6O.H2P2S/c1-23(2)24-14-17-36(22-40-29-11-9-10-20-39-29)19-18-34(6)25(30(24)36)12-13-28-33(5)21-26(37-8)31(38)32(3,4)27(33)15-16-35(28,34)7;1-19(2)20-11-14-31(18-33)16-15-29(6)21(25(20)31)9-10-24-28(5)17-22(32-8)26(34)27(3,4)23(28)12-13-30(24,29)7;2*1-2-3/h24-30H,1,9-22H2,2-7H3;20-25,33H,1,9-18H2,2-7H3;3H,2H2,1H3;1H2/p+1/t24-,25+,26?,27-,28+,29?,30+,33-,34+,35+,36+;20-,21+,22?,23-,24+,25+,28-,29+,30+,31+;;/m00../s1/i/hT. The van der Waals surface area contributed by atoms with E-state index in [-0.39, 0.29) is 67.8 Å². The predicted octanol–water partition coefficient (Wildman–Crippen LogP) is 16.7. The van der Waals surface area contributed by atoms with Crippen molar-refractivity contribution in [3.63, 3.8) is 0 Å². The van der Waals surface area contributed by atoms with Gasteiger partial charge >= 0.3 is 1.28 Å². The van der Waals surface area contributed by atoms with E-state index in [2.05, 4.69) is 127 Å². The average molecular weight is 1160 g/mol. The molecule has 0 bridgehead atoms. The molecule has 11 rings (SSSR count). The van der Waals surface area contributed by atoms with Crippen molar-refractivity contribution in [2.75, 3.05) is 26.4 Å². The Kier molecular flexibility index (Phi) is 18.4. The van der Waals surface area contributed by atoms with E-state index in [9.17, 15) is 14.7 Å². The summed E-state index contributed by atoms with van der Waals surface area (Å²) in [4.78, 5) is 34.5. The molecule has 1 aliphatic heterocycles. The van der Waals surface area contributed by atoms with Gasteiger partial charge in [0.05, 0.1) is 15.5 Å². The lowest BCUT2D eigenvalue weighted by Gasteiger charge is -2.72. The number of hydrogen-bond acceptors (Lipinski definition) is 7. The Balaban J connectivity index is 0.000000193. The maximum absolute atomic E-state index is 13.4. The number of fused-ring (bicyclic) bond motifs is 14. The van der Waals surface area contributed by atoms with E-state index in [0.29, 0.717) is 65.8 Å². The van der Waals surface area contributed by atoms with Crippen LogP contribution >= 0.6 is 15.9 Å². The van der Waals surface area contributed by atoms with Gasteiger partial charge in [-0.05, 0) is 245 Å². The van der Waals surface area contributed by atoms with Crippen LogP contribution < -0.4 is 0 Å². The summed E-state index contributed by atoms with van der Waals surface area (Å²) in [5, 5.41) is 18.2. The Hall–Kier alpha value is -1.41. The number of aliphatic hydroxyl groups excluding tert-OH is 2. The van der Waals surface area contributed by atoms with Crippen LogP contribution in [0.2, 0.25) is 0 Å². The lowest BCUT2D eigenvalue weighted by atomic mass is 9.32. The van der Waals surface area contributed by atoms with Crippen molar-refractivity contribution >= 4 is 39.3 Å². The molecular formula is C69H111N2O6P2S+. The molecule has 0 aromatic heterocycles. The van der Waals surface area contributed by atoms with Crippen molar-refractivity contribution in [1.29, 1.82) is 1.28 Å². The number of carbonyl (C=O) groups is 2. The molecule has 11 fully saturated rings. The average Bonchev–Trinajstić information content (AvgIpc) is 4.07. The second-order valence-electron chi connectivity index (χ2n) is 31.7. The highest BCUT2D eigenvalue weighted by molar-refractivity contribution is 8.24. The highest BCUT2D eigenvalue weighted by Gasteiger charge is 2.75. The maximum Gasteiger partial charge on any atom is 0.355 e. The molecule has 10 aliphatic carbocycles. The summed E-state index contributed by atoms with van der Waals surface area (Å²) in [7, 11) is 2.20. The van der Waals surface area contributed by atoms with E-state index >= 15 is 0 Å². The minimum Gasteiger partial charge on any atom is -0.397 e. The fraction of sp³-hybridized carbons (Fsp3) is 0.884. The SMILES string of the molecule is CCO.[3H][P+](P)=S.[C-]#[N+]C1C[C@]2(C)[C@H]3CC[C@@H]4[C@H]5[C@H](C(=C)C)CC[C@]5(CO)CC[C@@]4(C)[C@]3(C)CC[C@H]2C(C)(C)C1=O.[C-]#[N+]C1C[C@]2(C)[C@H]3CC[C@@H]4[C@H]5[C@H](C(=C)C)CC[C@]5(COC5CCCCO5)CC[C@@]4(C)[C@]3(C)CC[C@H]2C(C)(C)C1=O. The number of nitrogens with zero attached hydrogens (tertiary/aromatic N) is 2. The van der Waals surface area contributed by atoms with Crippen molar-refractivity contribution in [3.05, 3.63) is 47.1 Å². The molecular weight excluding hydrogens is 1050 g/mol. The first-order valence-corrected chi connectivity index (χ1v) is 35.6. The van der Waals surface area contributed by atoms with Crippen LogP contribution in [0, 0.1) is 126 Å². The van der Waals surface area contributed by atoms with E-state index in [1.165, 1.54) is 94.6 Å². The fourth-order valence-corrected chi connectivity index (χ4v) is 24.3. The quantitative estimate of drug-likeness (QED) is 0.155. The number of ketones is 2. The molecule has 11 heteroatoms. The number of carbonyl (C=O) groups excluding carboxylic acids is 2. The molecule has 0 amide bonds. The molecule has 2 N–H and O–H groups in total. The summed E-state index contributed by atoms with van der Waals surface area (Å²) >= 11 is 4.31. The molecule has 5 unspecified atom stereocenters. The number of aliphatic hydroxyl groups is 2. The topological polar surface area (TPSA) is 102 Å². The molecule has 8 nitrogen and oxygen atoms in total. The van der Waals surface area contributed by atoms with E-state index in [0.717, 1.165) is 64.6 Å². The summed E-state index contributed by atoms with van der Waals surface area (Å²) in [5.74, 6) is 5.90. The van der Waals surface area contributed by atoms with Gasteiger partial charge in [-0.3, -0.25) is 9.59 Å². The number of allylic oxidation sites excluding steroid dienone is 2. The van der Waals surface area contributed by atoms with Crippen LogP contribution in [0.15, 0.2) is 24.3 Å². The van der Waals surface area contributed by atoms with E-state index in [4.69, 9.17) is 29.0 Å². The zero-order chi connectivity index (χ0) is 59.9. The molecule has 11 aliphatic rings. The largest absolute Gasteiger partial charge is 0.397 e. The number of ether oxygens (including phenoxy) is 2. The van der Waals surface area contributed by atoms with E-state index in [1.54, 1.807) is 6.92 Å². The predicted molar refractivity (Wildman–Crippen MR) is 334 cm³/mol. The summed E-state index contributed by atoms with van der Waals surface area (Å²) in [6.45, 7) is 56.3. The monoisotopic (exact) mass is 1160 g/mol. The van der Waals surface area contributed by atoms with Gasteiger partial charge in [-0.2, -0.15) is 0 Å². The first-order valence-electron chi connectivity index (χ1n) is 32.5. The third-order valence-corrected chi connectivity index (χ3v) is 28.2. The Morgan fingerprint density at radius 3 is 1.45 bits per heavy atom. The third-order valence-electron chi connectivity index (χ3n) is 28.2. The fourth-order valence-electron chi connectivity index (χ4n) is 24.3. The summed E-state index contributed by atoms with van der Waals surface area (Å²) in [6, 6.07) is -0.940. The molecule has 0 aromatic carbocycles. The van der Waals surface area contributed by atoms with Crippen LogP contribution in [0.4, 0.5) is 0 Å². The Labute approximate surface area is 497 Å². The van der Waals surface area contributed by atoms with E-state index < -0.39 is 29.9 Å². The van der Waals surface area contributed by atoms with Crippen LogP contribution in [0.1, 0.15) is 225 Å². The van der Waals surface area contributed by atoms with Gasteiger partial charge in [0.2, 0.25) is 11.6 Å². The van der Waals surface area contributed by atoms with Crippen molar-refractivity contribution < 1.29 is 29.3 Å². The minimum absolute atomic E-state index is 0.0165. The zero-order valence-electron chi connectivity index (χ0n) is 53.5. The van der Waals surface area contributed by atoms with Gasteiger partial charge in [0.15, 0.2) is 25.1 Å². The first-order chi connectivity index (χ1) is 37.8. The van der Waals surface area contributed by atoms with Crippen LogP contribution in [0.5, 0.6) is 0 Å². The smallest absolute Gasteiger partial charge is 0.355 e. The second-order valence-corrected chi connectivity index (χ2v) is 34.4. The molecule has 0 aromatic rings. The molecule has 1 saturated heterocycles. The summed E-state index contributed by atoms with van der Waals surface area (Å²) in [5.41, 5.74) is 3.26. The van der Waals surface area contributed by atoms with Gasteiger partial charge in [0.1, 0.15) is 0 Å². The van der Waals surface area contributed by atoms with Crippen molar-refractivity contribution in [3.8, 4) is 0 Å². The molecule has 1 heterocycles. The van der Waals surface area contributed by atoms with Gasteiger partial charge in [-0.1, -0.05) is 93.5 Å². The highest BCUT2D eigenvalue weighted by atomic mass is 32.6. The van der Waals surface area contributed by atoms with Crippen molar-refractivity contribution in [2.45, 2.75) is 243 Å². The summed E-state index contributed by atoms with van der Waals surface area (Å²) < 4.78 is 19.1. The molecule has 23 atom stereocenters. The maximum atomic E-state index is 13.4. The number of Topliss-reactive ketones (excluding diaryl/α,β-unsaturated/α-hetero) is 2. The van der Waals surface area contributed by atoms with Crippen LogP contribution in [0.3, 0.4) is 0 Å². The van der Waals surface area contributed by atoms with Gasteiger partial charge in [0, 0.05) is 43.5 Å². The minimum atomic E-state index is -0.870. The van der Waals surface area contributed by atoms with Gasteiger partial charge in [-0.25, -0.2) is 13.1 Å². The lowest BCUT2D eigenvalue weighted by Crippen LogP contribution is -2.67. The molecule has 0 spiro atoms.